The van der Waals surface area contributed by atoms with Crippen molar-refractivity contribution >= 4 is 44.2 Å². The van der Waals surface area contributed by atoms with Gasteiger partial charge in [0, 0.05) is 10.7 Å². The van der Waals surface area contributed by atoms with E-state index in [1.165, 1.54) is 0 Å². The molecule has 0 rings (SSSR count). The van der Waals surface area contributed by atoms with Crippen molar-refractivity contribution in [3.05, 3.63) is 0 Å². The average molecular weight is 217 g/mol. The molecule has 0 heterocycles. The molecule has 0 radical (unpaired) electrons. The average Bonchev–Trinajstić information content (AvgIpc) is 1.65. The van der Waals surface area contributed by atoms with Crippen LogP contribution in [0.25, 0.3) is 0 Å². The minimum Gasteiger partial charge on any atom is -0.294 e. The van der Waals surface area contributed by atoms with E-state index in [1.807, 2.05) is 0 Å². The SMILES string of the molecule is O=S(O)Cl.O=S(O)OCl. The lowest BCUT2D eigenvalue weighted by molar-refractivity contribution is 0.477. The Bertz CT molecular complexity index is 97.1. The van der Waals surface area contributed by atoms with Gasteiger partial charge < -0.3 is 0 Å². The second kappa shape index (κ2) is 8.76. The third-order valence-electron chi connectivity index (χ3n) is 0.0539. The van der Waals surface area contributed by atoms with Crippen LogP contribution in [0.1, 0.15) is 0 Å². The van der Waals surface area contributed by atoms with Crippen molar-refractivity contribution in [2.45, 2.75) is 0 Å². The van der Waals surface area contributed by atoms with Gasteiger partial charge in [-0.25, -0.2) is 4.21 Å². The van der Waals surface area contributed by atoms with E-state index in [0.717, 1.165) is 0 Å². The molecular weight excluding hydrogens is 215 g/mol. The minimum absolute atomic E-state index is 2.14. The molecular formula is H2Cl2O5S2. The molecule has 0 aliphatic carbocycles. The zero-order chi connectivity index (χ0) is 7.86. The Morgan fingerprint density at radius 3 is 1.44 bits per heavy atom. The van der Waals surface area contributed by atoms with Crippen LogP contribution in [0.5, 0.6) is 0 Å². The van der Waals surface area contributed by atoms with Crippen LogP contribution < -0.4 is 0 Å². The van der Waals surface area contributed by atoms with Gasteiger partial charge in [-0.3, -0.25) is 9.11 Å². The Hall–Kier alpha value is 0.760. The second-order valence-electron chi connectivity index (χ2n) is 0.487. The molecule has 9 heteroatoms. The third-order valence-corrected chi connectivity index (χ3v) is 0.485. The first-order valence-corrected chi connectivity index (χ1v) is 4.45. The van der Waals surface area contributed by atoms with Gasteiger partial charge in [-0.05, 0) is 0 Å². The molecule has 0 bridgehead atoms. The van der Waals surface area contributed by atoms with Gasteiger partial charge in [-0.1, -0.05) is 0 Å². The van der Waals surface area contributed by atoms with E-state index in [-0.39, 0.29) is 0 Å². The van der Waals surface area contributed by atoms with Crippen molar-refractivity contribution in [3.63, 3.8) is 0 Å². The smallest absolute Gasteiger partial charge is 0.294 e. The Labute approximate surface area is 65.7 Å². The molecule has 0 spiro atoms. The van der Waals surface area contributed by atoms with E-state index >= 15 is 0 Å². The highest BCUT2D eigenvalue weighted by Gasteiger charge is 1.79. The lowest BCUT2D eigenvalue weighted by Crippen LogP contribution is -1.78. The van der Waals surface area contributed by atoms with Crippen molar-refractivity contribution < 1.29 is 21.3 Å². The highest BCUT2D eigenvalue weighted by Crippen LogP contribution is 1.79. The maximum absolute atomic E-state index is 9.12. The van der Waals surface area contributed by atoms with E-state index in [1.54, 1.807) is 0 Å². The van der Waals surface area contributed by atoms with Crippen LogP contribution in [-0.2, 0) is 25.4 Å². The maximum atomic E-state index is 9.12. The van der Waals surface area contributed by atoms with E-state index < -0.39 is 21.7 Å². The summed E-state index contributed by atoms with van der Waals surface area (Å²) in [6.45, 7) is 0. The number of hydrogen-bond acceptors (Lipinski definition) is 3. The van der Waals surface area contributed by atoms with E-state index in [2.05, 4.69) is 26.3 Å². The normalized spacial score (nSPS) is 15.1. The summed E-state index contributed by atoms with van der Waals surface area (Å²) in [7, 11) is 2.16. The standard InChI is InChI=1S/ClHO3S.ClHO2S/c1-4-5(2)3;1-4(2)3/h(H,2,3);(H,2,3). The molecule has 58 valence electrons. The molecule has 0 aromatic heterocycles. The maximum Gasteiger partial charge on any atom is 0.319 e. The van der Waals surface area contributed by atoms with Crippen LogP contribution in [-0.4, -0.2) is 17.5 Å². The number of rotatable bonds is 1. The van der Waals surface area contributed by atoms with Gasteiger partial charge in [0.1, 0.15) is 0 Å². The lowest BCUT2D eigenvalue weighted by atomic mass is 15.8. The first-order chi connectivity index (χ1) is 4.00. The van der Waals surface area contributed by atoms with Gasteiger partial charge in [-0.15, -0.1) is 0 Å². The Morgan fingerprint density at radius 1 is 1.33 bits per heavy atom. The molecule has 0 saturated heterocycles. The number of halogens is 2. The summed E-state index contributed by atoms with van der Waals surface area (Å²) in [6.07, 6.45) is 0. The fourth-order valence-corrected chi connectivity index (χ4v) is 0. The van der Waals surface area contributed by atoms with E-state index in [4.69, 9.17) is 17.5 Å². The molecule has 0 aliphatic heterocycles. The fourth-order valence-electron chi connectivity index (χ4n) is 0. The van der Waals surface area contributed by atoms with Gasteiger partial charge in [0.05, 0.1) is 11.9 Å². The summed E-state index contributed by atoms with van der Waals surface area (Å²) in [5.74, 6) is 0. The Morgan fingerprint density at radius 2 is 1.44 bits per heavy atom. The summed E-state index contributed by atoms with van der Waals surface area (Å²) < 4.78 is 36.0. The molecule has 0 aliphatic rings. The number of hydrogen-bond donors (Lipinski definition) is 2. The largest absolute Gasteiger partial charge is 0.319 e. The lowest BCUT2D eigenvalue weighted by Gasteiger charge is -1.71. The Balaban J connectivity index is 0. The van der Waals surface area contributed by atoms with Crippen LogP contribution in [0.3, 0.4) is 0 Å². The van der Waals surface area contributed by atoms with Crippen molar-refractivity contribution in [1.29, 1.82) is 0 Å². The fraction of sp³-hybridized carbons (Fsp3) is 0. The van der Waals surface area contributed by atoms with Gasteiger partial charge >= 0.3 is 11.4 Å². The van der Waals surface area contributed by atoms with Gasteiger partial charge in [0.15, 0.2) is 0 Å². The topological polar surface area (TPSA) is 83.8 Å². The van der Waals surface area contributed by atoms with Crippen LogP contribution in [0.15, 0.2) is 0 Å². The highest BCUT2D eigenvalue weighted by atomic mass is 35.7. The predicted molar refractivity (Wildman–Crippen MR) is 34.3 cm³/mol. The van der Waals surface area contributed by atoms with Crippen LogP contribution in [0.2, 0.25) is 0 Å². The second-order valence-corrected chi connectivity index (χ2v) is 2.63. The molecule has 0 aromatic rings. The summed E-state index contributed by atoms with van der Waals surface area (Å²) in [6, 6.07) is 0. The molecule has 2 atom stereocenters. The first-order valence-electron chi connectivity index (χ1n) is 1.17. The van der Waals surface area contributed by atoms with E-state index in [9.17, 15) is 0 Å². The molecule has 2 N–H and O–H groups in total. The molecule has 0 fully saturated rings. The van der Waals surface area contributed by atoms with Crippen LogP contribution in [0.4, 0.5) is 0 Å². The summed E-state index contributed by atoms with van der Waals surface area (Å²) in [5, 5.41) is 0. The monoisotopic (exact) mass is 216 g/mol. The third kappa shape index (κ3) is 52.6. The summed E-state index contributed by atoms with van der Waals surface area (Å²) in [5.41, 5.74) is 0. The summed E-state index contributed by atoms with van der Waals surface area (Å²) >= 11 is 1.98. The minimum atomic E-state index is -2.31. The zero-order valence-corrected chi connectivity index (χ0v) is 6.84. The summed E-state index contributed by atoms with van der Waals surface area (Å²) in [4.78, 5) is 0. The molecule has 0 aromatic carbocycles. The highest BCUT2D eigenvalue weighted by molar-refractivity contribution is 8.03. The molecule has 2 unspecified atom stereocenters. The van der Waals surface area contributed by atoms with Crippen LogP contribution in [0, 0.1) is 0 Å². The quantitative estimate of drug-likeness (QED) is 0.497. The van der Waals surface area contributed by atoms with Gasteiger partial charge in [0.2, 0.25) is 0 Å². The van der Waals surface area contributed by atoms with Crippen molar-refractivity contribution in [2.75, 3.05) is 0 Å². The zero-order valence-electron chi connectivity index (χ0n) is 3.69. The predicted octanol–water partition coefficient (Wildman–Crippen LogP) is 0.655. The van der Waals surface area contributed by atoms with Crippen molar-refractivity contribution in [2.24, 2.45) is 0 Å². The first kappa shape index (κ1) is 12.4. The molecule has 0 saturated carbocycles. The molecule has 0 amide bonds. The molecule has 5 nitrogen and oxygen atoms in total. The Kier molecular flexibility index (Phi) is 12.1. The van der Waals surface area contributed by atoms with Crippen LogP contribution >= 0.6 is 22.5 Å². The van der Waals surface area contributed by atoms with Crippen molar-refractivity contribution in [3.8, 4) is 0 Å². The molecule has 9 heavy (non-hydrogen) atoms. The van der Waals surface area contributed by atoms with Crippen molar-refractivity contribution in [1.82, 2.24) is 0 Å². The van der Waals surface area contributed by atoms with Gasteiger partial charge in [0.25, 0.3) is 10.3 Å². The van der Waals surface area contributed by atoms with Gasteiger partial charge in [-0.2, -0.15) is 7.94 Å². The van der Waals surface area contributed by atoms with E-state index in [0.29, 0.717) is 0 Å².